The molecule has 1 aromatic rings. The fraction of sp³-hybridized carbons (Fsp3) is 0.650. The molecule has 0 saturated heterocycles. The van der Waals surface area contributed by atoms with Gasteiger partial charge in [-0.2, -0.15) is 0 Å². The number of carbonyl (C=O) groups excluding carboxylic acids is 1. The van der Waals surface area contributed by atoms with Crippen LogP contribution in [0.5, 0.6) is 5.75 Å². The Balaban J connectivity index is 3.49. The molecule has 2 unspecified atom stereocenters. The molecule has 0 N–H and O–H groups in total. The summed E-state index contributed by atoms with van der Waals surface area (Å²) in [7, 11) is 1.69. The third-order valence-corrected chi connectivity index (χ3v) is 4.98. The Morgan fingerprint density at radius 2 is 1.83 bits per heavy atom. The van der Waals surface area contributed by atoms with Gasteiger partial charge in [0.2, 0.25) is 0 Å². The van der Waals surface area contributed by atoms with E-state index in [-0.39, 0.29) is 17.8 Å². The fourth-order valence-electron chi connectivity index (χ4n) is 3.78. The van der Waals surface area contributed by atoms with Crippen molar-refractivity contribution in [2.24, 2.45) is 11.3 Å². The summed E-state index contributed by atoms with van der Waals surface area (Å²) in [6, 6.07) is 8.06. The predicted molar refractivity (Wildman–Crippen MR) is 94.8 cm³/mol. The van der Waals surface area contributed by atoms with E-state index in [1.165, 1.54) is 0 Å². The number of carbonyl (C=O) groups is 1. The van der Waals surface area contributed by atoms with E-state index in [1.807, 2.05) is 25.1 Å². The van der Waals surface area contributed by atoms with Crippen molar-refractivity contribution in [2.45, 2.75) is 59.8 Å². The highest BCUT2D eigenvalue weighted by Crippen LogP contribution is 2.50. The molecule has 0 aliphatic rings. The standard InChI is InChI=1S/C20H32O3/c1-7-12-17(16-13-10-11-14-18(16)22-6)20(8-2,15(4)5)19(21)23-9-3/h10-11,13-15,17H,7-9,12H2,1-6H3. The first-order valence-corrected chi connectivity index (χ1v) is 8.79. The second-order valence-electron chi connectivity index (χ2n) is 6.35. The van der Waals surface area contributed by atoms with Crippen LogP contribution < -0.4 is 4.74 Å². The van der Waals surface area contributed by atoms with Gasteiger partial charge in [-0.3, -0.25) is 4.79 Å². The van der Waals surface area contributed by atoms with E-state index in [1.54, 1.807) is 7.11 Å². The van der Waals surface area contributed by atoms with Crippen LogP contribution in [0.25, 0.3) is 0 Å². The van der Waals surface area contributed by atoms with Crippen molar-refractivity contribution in [2.75, 3.05) is 13.7 Å². The SMILES string of the molecule is CCCC(c1ccccc1OC)C(CC)(C(=O)OCC)C(C)C. The molecule has 0 heterocycles. The Labute approximate surface area is 141 Å². The third kappa shape index (κ3) is 3.88. The van der Waals surface area contributed by atoms with E-state index < -0.39 is 5.41 Å². The number of hydrogen-bond acceptors (Lipinski definition) is 3. The molecule has 0 aliphatic carbocycles. The predicted octanol–water partition coefficient (Wildman–Crippen LogP) is 5.19. The van der Waals surface area contributed by atoms with Crippen molar-refractivity contribution in [3.63, 3.8) is 0 Å². The summed E-state index contributed by atoms with van der Waals surface area (Å²) in [6.07, 6.45) is 2.70. The van der Waals surface area contributed by atoms with Crippen molar-refractivity contribution in [3.05, 3.63) is 29.8 Å². The highest BCUT2D eigenvalue weighted by Gasteiger charge is 2.48. The van der Waals surface area contributed by atoms with Crippen molar-refractivity contribution in [1.82, 2.24) is 0 Å². The highest BCUT2D eigenvalue weighted by atomic mass is 16.5. The number of hydrogen-bond donors (Lipinski definition) is 0. The lowest BCUT2D eigenvalue weighted by molar-refractivity contribution is -0.161. The summed E-state index contributed by atoms with van der Waals surface area (Å²) in [5, 5.41) is 0. The monoisotopic (exact) mass is 320 g/mol. The molecule has 0 radical (unpaired) electrons. The molecule has 0 saturated carbocycles. The van der Waals surface area contributed by atoms with E-state index in [9.17, 15) is 4.79 Å². The van der Waals surface area contributed by atoms with E-state index in [2.05, 4.69) is 33.8 Å². The average Bonchev–Trinajstić information content (AvgIpc) is 2.55. The van der Waals surface area contributed by atoms with E-state index in [4.69, 9.17) is 9.47 Å². The van der Waals surface area contributed by atoms with Gasteiger partial charge in [0.1, 0.15) is 5.75 Å². The van der Waals surface area contributed by atoms with Crippen LogP contribution in [0.1, 0.15) is 65.4 Å². The van der Waals surface area contributed by atoms with Crippen LogP contribution >= 0.6 is 0 Å². The molecular weight excluding hydrogens is 288 g/mol. The molecule has 0 spiro atoms. The van der Waals surface area contributed by atoms with Gasteiger partial charge < -0.3 is 9.47 Å². The largest absolute Gasteiger partial charge is 0.496 e. The Morgan fingerprint density at radius 1 is 1.17 bits per heavy atom. The van der Waals surface area contributed by atoms with E-state index in [0.717, 1.165) is 30.6 Å². The summed E-state index contributed by atoms with van der Waals surface area (Å²) >= 11 is 0. The molecule has 1 aromatic carbocycles. The molecule has 0 aliphatic heterocycles. The molecular formula is C20H32O3. The van der Waals surface area contributed by atoms with Gasteiger partial charge in [-0.15, -0.1) is 0 Å². The molecule has 3 nitrogen and oxygen atoms in total. The van der Waals surface area contributed by atoms with Gasteiger partial charge in [0, 0.05) is 5.92 Å². The second kappa shape index (κ2) is 8.95. The number of benzene rings is 1. The zero-order valence-corrected chi connectivity index (χ0v) is 15.5. The molecule has 23 heavy (non-hydrogen) atoms. The lowest BCUT2D eigenvalue weighted by Gasteiger charge is -2.42. The van der Waals surface area contributed by atoms with E-state index >= 15 is 0 Å². The second-order valence-corrected chi connectivity index (χ2v) is 6.35. The summed E-state index contributed by atoms with van der Waals surface area (Å²) in [6.45, 7) is 10.8. The molecule has 3 heteroatoms. The first-order chi connectivity index (χ1) is 11.0. The molecule has 0 bridgehead atoms. The maximum absolute atomic E-state index is 13.0. The fourth-order valence-corrected chi connectivity index (χ4v) is 3.78. The summed E-state index contributed by atoms with van der Waals surface area (Å²) < 4.78 is 11.1. The topological polar surface area (TPSA) is 35.5 Å². The number of methoxy groups -OCH3 is 1. The third-order valence-electron chi connectivity index (χ3n) is 4.98. The summed E-state index contributed by atoms with van der Waals surface area (Å²) in [5.41, 5.74) is 0.584. The number of ether oxygens (including phenoxy) is 2. The van der Waals surface area contributed by atoms with Crippen LogP contribution in [0.2, 0.25) is 0 Å². The van der Waals surface area contributed by atoms with Gasteiger partial charge in [-0.05, 0) is 37.3 Å². The Hall–Kier alpha value is -1.51. The van der Waals surface area contributed by atoms with Gasteiger partial charge >= 0.3 is 5.97 Å². The van der Waals surface area contributed by atoms with Crippen molar-refractivity contribution in [1.29, 1.82) is 0 Å². The van der Waals surface area contributed by atoms with Crippen LogP contribution in [0.3, 0.4) is 0 Å². The molecule has 1 rings (SSSR count). The Kier molecular flexibility index (Phi) is 7.60. The van der Waals surface area contributed by atoms with Gasteiger partial charge in [-0.1, -0.05) is 52.3 Å². The van der Waals surface area contributed by atoms with Gasteiger partial charge in [0.25, 0.3) is 0 Å². The molecule has 2 atom stereocenters. The number of rotatable bonds is 9. The summed E-state index contributed by atoms with van der Waals surface area (Å²) in [5.74, 6) is 1.05. The molecule has 0 aromatic heterocycles. The zero-order valence-electron chi connectivity index (χ0n) is 15.5. The lowest BCUT2D eigenvalue weighted by atomic mass is 9.62. The zero-order chi connectivity index (χ0) is 17.5. The van der Waals surface area contributed by atoms with Crippen LogP contribution in [-0.4, -0.2) is 19.7 Å². The number of esters is 1. The minimum absolute atomic E-state index is 0.0816. The first-order valence-electron chi connectivity index (χ1n) is 8.79. The van der Waals surface area contributed by atoms with Gasteiger partial charge in [0.05, 0.1) is 19.1 Å². The minimum Gasteiger partial charge on any atom is -0.496 e. The normalized spacial score (nSPS) is 15.1. The van der Waals surface area contributed by atoms with Crippen LogP contribution in [0.15, 0.2) is 24.3 Å². The minimum atomic E-state index is -0.527. The average molecular weight is 320 g/mol. The van der Waals surface area contributed by atoms with Crippen LogP contribution in [0, 0.1) is 11.3 Å². The van der Waals surface area contributed by atoms with Crippen molar-refractivity contribution >= 4 is 5.97 Å². The highest BCUT2D eigenvalue weighted by molar-refractivity contribution is 5.79. The van der Waals surface area contributed by atoms with E-state index in [0.29, 0.717) is 6.61 Å². The van der Waals surface area contributed by atoms with Crippen molar-refractivity contribution < 1.29 is 14.3 Å². The Morgan fingerprint density at radius 3 is 2.30 bits per heavy atom. The van der Waals surface area contributed by atoms with Crippen LogP contribution in [0.4, 0.5) is 0 Å². The van der Waals surface area contributed by atoms with Gasteiger partial charge in [-0.25, -0.2) is 0 Å². The first kappa shape index (κ1) is 19.5. The summed E-state index contributed by atoms with van der Waals surface area (Å²) in [4.78, 5) is 13.0. The molecule has 130 valence electrons. The van der Waals surface area contributed by atoms with Crippen LogP contribution in [-0.2, 0) is 9.53 Å². The molecule has 0 fully saturated rings. The van der Waals surface area contributed by atoms with Gasteiger partial charge in [0.15, 0.2) is 0 Å². The lowest BCUT2D eigenvalue weighted by Crippen LogP contribution is -2.43. The number of para-hydroxylation sites is 1. The van der Waals surface area contributed by atoms with Crippen molar-refractivity contribution in [3.8, 4) is 5.75 Å². The quantitative estimate of drug-likeness (QED) is 0.587. The maximum Gasteiger partial charge on any atom is 0.312 e. The smallest absolute Gasteiger partial charge is 0.312 e. The maximum atomic E-state index is 13.0. The molecule has 0 amide bonds. The Bertz CT molecular complexity index is 495.